The van der Waals surface area contributed by atoms with Crippen molar-refractivity contribution < 1.29 is 34.4 Å². The molecule has 0 saturated carbocycles. The highest BCUT2D eigenvalue weighted by Crippen LogP contribution is 2.27. The van der Waals surface area contributed by atoms with Crippen molar-refractivity contribution >= 4 is 11.9 Å². The third-order valence-corrected chi connectivity index (χ3v) is 5.50. The van der Waals surface area contributed by atoms with Gasteiger partial charge in [-0.3, -0.25) is 4.90 Å². The van der Waals surface area contributed by atoms with Crippen LogP contribution in [0.4, 0.5) is 4.39 Å². The number of carboxylic acids is 2. The number of carbonyl (C=O) groups is 2. The van der Waals surface area contributed by atoms with Gasteiger partial charge in [0, 0.05) is 25.2 Å². The van der Waals surface area contributed by atoms with E-state index >= 15 is 0 Å². The van der Waals surface area contributed by atoms with E-state index in [9.17, 15) is 14.0 Å². The van der Waals surface area contributed by atoms with Crippen LogP contribution in [-0.4, -0.2) is 74.6 Å². The maximum Gasteiger partial charge on any atom is 0.335 e. The summed E-state index contributed by atoms with van der Waals surface area (Å²) in [6.07, 6.45) is -3.33. The van der Waals surface area contributed by atoms with Gasteiger partial charge in [0.25, 0.3) is 0 Å². The monoisotopic (exact) mass is 462 g/mol. The largest absolute Gasteiger partial charge is 0.479 e. The first kappa shape index (κ1) is 26.4. The SMILES string of the molecule is CC(C)N(Cc1ccccc1-c1ccc(F)cc1)[C@H]1CCNC1.O=C(O)[C@H](O)[C@@H](O)C(=O)O. The molecule has 180 valence electrons. The van der Waals surface area contributed by atoms with Crippen LogP contribution in [0.25, 0.3) is 11.1 Å². The lowest BCUT2D eigenvalue weighted by Crippen LogP contribution is -2.41. The summed E-state index contributed by atoms with van der Waals surface area (Å²) in [6.45, 7) is 7.62. The molecule has 5 N–H and O–H groups in total. The van der Waals surface area contributed by atoms with Crippen molar-refractivity contribution in [3.8, 4) is 11.1 Å². The number of nitrogens with zero attached hydrogens (tertiary/aromatic N) is 1. The fourth-order valence-electron chi connectivity index (χ4n) is 3.69. The fourth-order valence-corrected chi connectivity index (χ4v) is 3.69. The zero-order valence-electron chi connectivity index (χ0n) is 18.7. The molecule has 0 bridgehead atoms. The van der Waals surface area contributed by atoms with E-state index in [-0.39, 0.29) is 5.82 Å². The van der Waals surface area contributed by atoms with E-state index in [0.29, 0.717) is 12.1 Å². The highest BCUT2D eigenvalue weighted by Gasteiger charge is 2.29. The van der Waals surface area contributed by atoms with Gasteiger partial charge in [-0.15, -0.1) is 0 Å². The Hall–Kier alpha value is -2.85. The molecule has 1 heterocycles. The minimum Gasteiger partial charge on any atom is -0.479 e. The van der Waals surface area contributed by atoms with Gasteiger partial charge in [-0.05, 0) is 55.6 Å². The van der Waals surface area contributed by atoms with E-state index in [1.54, 1.807) is 0 Å². The molecule has 0 aromatic heterocycles. The molecule has 1 aliphatic rings. The topological polar surface area (TPSA) is 130 Å². The van der Waals surface area contributed by atoms with Crippen LogP contribution >= 0.6 is 0 Å². The van der Waals surface area contributed by atoms with Crippen LogP contribution in [0.5, 0.6) is 0 Å². The zero-order valence-corrected chi connectivity index (χ0v) is 18.7. The van der Waals surface area contributed by atoms with E-state index < -0.39 is 24.1 Å². The Kier molecular flexibility index (Phi) is 9.93. The van der Waals surface area contributed by atoms with Gasteiger partial charge in [-0.2, -0.15) is 0 Å². The van der Waals surface area contributed by atoms with Crippen LogP contribution < -0.4 is 5.32 Å². The third-order valence-electron chi connectivity index (χ3n) is 5.50. The van der Waals surface area contributed by atoms with Crippen molar-refractivity contribution in [3.63, 3.8) is 0 Å². The van der Waals surface area contributed by atoms with E-state index in [0.717, 1.165) is 25.2 Å². The number of nitrogens with one attached hydrogen (secondary N) is 1. The van der Waals surface area contributed by atoms with Gasteiger partial charge in [0.05, 0.1) is 0 Å². The smallest absolute Gasteiger partial charge is 0.335 e. The molecule has 1 saturated heterocycles. The molecule has 2 aromatic rings. The highest BCUT2D eigenvalue weighted by molar-refractivity contribution is 5.83. The minimum atomic E-state index is -2.27. The van der Waals surface area contributed by atoms with Crippen molar-refractivity contribution in [2.75, 3.05) is 13.1 Å². The highest BCUT2D eigenvalue weighted by atomic mass is 19.1. The van der Waals surface area contributed by atoms with Gasteiger partial charge in [0.15, 0.2) is 12.2 Å². The Balaban J connectivity index is 0.000000328. The second-order valence-corrected chi connectivity index (χ2v) is 8.14. The van der Waals surface area contributed by atoms with Crippen LogP contribution in [0, 0.1) is 5.82 Å². The number of halogens is 1. The number of aliphatic hydroxyl groups is 2. The Bertz CT molecular complexity index is 897. The van der Waals surface area contributed by atoms with E-state index in [1.165, 1.54) is 29.7 Å². The molecule has 0 unspecified atom stereocenters. The second-order valence-electron chi connectivity index (χ2n) is 8.14. The van der Waals surface area contributed by atoms with Gasteiger partial charge in [-0.25, -0.2) is 14.0 Å². The molecule has 33 heavy (non-hydrogen) atoms. The lowest BCUT2D eigenvalue weighted by molar-refractivity contribution is -0.165. The molecular weight excluding hydrogens is 431 g/mol. The van der Waals surface area contributed by atoms with Crippen molar-refractivity contribution in [3.05, 3.63) is 59.9 Å². The molecule has 0 amide bonds. The second kappa shape index (κ2) is 12.4. The first-order valence-corrected chi connectivity index (χ1v) is 10.7. The summed E-state index contributed by atoms with van der Waals surface area (Å²) in [5.74, 6) is -3.73. The molecule has 2 aromatic carbocycles. The molecule has 0 aliphatic carbocycles. The van der Waals surface area contributed by atoms with Crippen LogP contribution in [0.3, 0.4) is 0 Å². The molecule has 3 atom stereocenters. The standard InChI is InChI=1S/C20H25FN2.C4H6O6/c1-15(2)23(19-11-12-22-13-19)14-17-5-3-4-6-20(17)16-7-9-18(21)10-8-16;5-1(3(7)8)2(6)4(9)10/h3-10,15,19,22H,11-14H2,1-2H3;1-2,5-6H,(H,7,8)(H,9,10)/t19-;1-,2-/m01/s1. The van der Waals surface area contributed by atoms with Crippen LogP contribution in [-0.2, 0) is 16.1 Å². The first-order chi connectivity index (χ1) is 15.6. The molecule has 1 fully saturated rings. The van der Waals surface area contributed by atoms with Gasteiger partial charge < -0.3 is 25.7 Å². The van der Waals surface area contributed by atoms with Gasteiger partial charge in [0.2, 0.25) is 0 Å². The summed E-state index contributed by atoms with van der Waals surface area (Å²) in [4.78, 5) is 22.1. The minimum absolute atomic E-state index is 0.188. The first-order valence-electron chi connectivity index (χ1n) is 10.7. The van der Waals surface area contributed by atoms with Crippen molar-refractivity contribution in [1.29, 1.82) is 0 Å². The summed E-state index contributed by atoms with van der Waals surface area (Å²) >= 11 is 0. The lowest BCUT2D eigenvalue weighted by atomic mass is 9.98. The number of carboxylic acid groups (broad SMARTS) is 2. The average molecular weight is 463 g/mol. The maximum absolute atomic E-state index is 13.2. The molecule has 0 radical (unpaired) electrons. The molecule has 0 spiro atoms. The Morgan fingerprint density at radius 2 is 1.61 bits per heavy atom. The van der Waals surface area contributed by atoms with Crippen molar-refractivity contribution in [2.24, 2.45) is 0 Å². The third kappa shape index (κ3) is 7.61. The molecule has 3 rings (SSSR count). The predicted octanol–water partition coefficient (Wildman–Crippen LogP) is 1.94. The molecular formula is C24H31FN2O6. The Morgan fingerprint density at radius 1 is 1.03 bits per heavy atom. The summed E-state index contributed by atoms with van der Waals surface area (Å²) in [5.41, 5.74) is 3.58. The summed E-state index contributed by atoms with van der Waals surface area (Å²) in [5, 5.41) is 36.0. The fraction of sp³-hybridized carbons (Fsp3) is 0.417. The number of benzene rings is 2. The maximum atomic E-state index is 13.2. The predicted molar refractivity (Wildman–Crippen MR) is 121 cm³/mol. The molecule has 8 nitrogen and oxygen atoms in total. The summed E-state index contributed by atoms with van der Waals surface area (Å²) in [6, 6.07) is 16.4. The van der Waals surface area contributed by atoms with Gasteiger partial charge in [-0.1, -0.05) is 36.4 Å². The lowest BCUT2D eigenvalue weighted by Gasteiger charge is -2.33. The average Bonchev–Trinajstić information content (AvgIpc) is 3.32. The van der Waals surface area contributed by atoms with Gasteiger partial charge in [0.1, 0.15) is 5.82 Å². The van der Waals surface area contributed by atoms with Crippen LogP contribution in [0.1, 0.15) is 25.8 Å². The van der Waals surface area contributed by atoms with Crippen molar-refractivity contribution in [1.82, 2.24) is 10.2 Å². The Labute approximate surface area is 192 Å². The molecule has 9 heteroatoms. The zero-order chi connectivity index (χ0) is 24.5. The van der Waals surface area contributed by atoms with E-state index in [2.05, 4.69) is 48.3 Å². The van der Waals surface area contributed by atoms with E-state index in [1.807, 2.05) is 12.1 Å². The number of hydrogen-bond acceptors (Lipinski definition) is 6. The number of rotatable bonds is 8. The quantitative estimate of drug-likeness (QED) is 0.402. The summed E-state index contributed by atoms with van der Waals surface area (Å²) < 4.78 is 13.2. The number of hydrogen-bond donors (Lipinski definition) is 5. The van der Waals surface area contributed by atoms with Gasteiger partial charge >= 0.3 is 11.9 Å². The number of aliphatic carboxylic acids is 2. The Morgan fingerprint density at radius 3 is 2.09 bits per heavy atom. The van der Waals surface area contributed by atoms with Crippen LogP contribution in [0.2, 0.25) is 0 Å². The molecule has 1 aliphatic heterocycles. The normalized spacial score (nSPS) is 17.4. The van der Waals surface area contributed by atoms with Crippen LogP contribution in [0.15, 0.2) is 48.5 Å². The van der Waals surface area contributed by atoms with E-state index in [4.69, 9.17) is 20.4 Å². The van der Waals surface area contributed by atoms with Crippen molar-refractivity contribution in [2.45, 2.75) is 51.1 Å². The summed E-state index contributed by atoms with van der Waals surface area (Å²) in [7, 11) is 0. The number of aliphatic hydroxyl groups excluding tert-OH is 2.